The van der Waals surface area contributed by atoms with Crippen LogP contribution in [0.25, 0.3) is 11.0 Å². The zero-order valence-corrected chi connectivity index (χ0v) is 10.7. The molecule has 0 spiro atoms. The van der Waals surface area contributed by atoms with E-state index in [0.717, 1.165) is 34.6 Å². The van der Waals surface area contributed by atoms with Gasteiger partial charge in [-0.2, -0.15) is 0 Å². The molecule has 0 saturated carbocycles. The molecule has 4 heteroatoms. The van der Waals surface area contributed by atoms with E-state index in [1.807, 2.05) is 30.3 Å². The summed E-state index contributed by atoms with van der Waals surface area (Å²) in [5.74, 6) is 1.65. The van der Waals surface area contributed by atoms with E-state index in [9.17, 15) is 0 Å². The zero-order valence-electron chi connectivity index (χ0n) is 10.7. The molecule has 4 nitrogen and oxygen atoms in total. The van der Waals surface area contributed by atoms with Crippen LogP contribution >= 0.6 is 0 Å². The molecule has 3 rings (SSSR count). The third-order valence-corrected chi connectivity index (χ3v) is 2.99. The first-order valence-corrected chi connectivity index (χ1v) is 6.14. The Morgan fingerprint density at radius 3 is 2.95 bits per heavy atom. The van der Waals surface area contributed by atoms with Gasteiger partial charge in [0.25, 0.3) is 0 Å². The van der Waals surface area contributed by atoms with Crippen molar-refractivity contribution >= 4 is 11.0 Å². The third kappa shape index (κ3) is 2.48. The van der Waals surface area contributed by atoms with Crippen molar-refractivity contribution in [3.05, 3.63) is 54.2 Å². The summed E-state index contributed by atoms with van der Waals surface area (Å²) in [6.07, 6.45) is 3.40. The molecule has 0 aliphatic heterocycles. The van der Waals surface area contributed by atoms with E-state index in [4.69, 9.17) is 13.6 Å². The minimum absolute atomic E-state index is 0.670. The SMILES string of the molecule is COc1cccc2cc(CNCc3ccoc3)oc12. The summed E-state index contributed by atoms with van der Waals surface area (Å²) in [6.45, 7) is 1.42. The summed E-state index contributed by atoms with van der Waals surface area (Å²) >= 11 is 0. The maximum Gasteiger partial charge on any atom is 0.176 e. The molecule has 0 aliphatic carbocycles. The van der Waals surface area contributed by atoms with Crippen LogP contribution in [0.3, 0.4) is 0 Å². The monoisotopic (exact) mass is 257 g/mol. The molecular weight excluding hydrogens is 242 g/mol. The Balaban J connectivity index is 1.71. The Labute approximate surface area is 111 Å². The normalized spacial score (nSPS) is 11.0. The first kappa shape index (κ1) is 11.9. The van der Waals surface area contributed by atoms with Gasteiger partial charge >= 0.3 is 0 Å². The van der Waals surface area contributed by atoms with Crippen molar-refractivity contribution in [3.8, 4) is 5.75 Å². The van der Waals surface area contributed by atoms with Crippen LogP contribution in [0.2, 0.25) is 0 Å². The van der Waals surface area contributed by atoms with Gasteiger partial charge in [0.05, 0.1) is 26.2 Å². The van der Waals surface area contributed by atoms with Crippen LogP contribution in [0.4, 0.5) is 0 Å². The maximum atomic E-state index is 5.80. The van der Waals surface area contributed by atoms with E-state index >= 15 is 0 Å². The number of para-hydroxylation sites is 1. The zero-order chi connectivity index (χ0) is 13.1. The first-order chi connectivity index (χ1) is 9.36. The average Bonchev–Trinajstić information content (AvgIpc) is 3.06. The lowest BCUT2D eigenvalue weighted by Crippen LogP contribution is -2.11. The second-order valence-electron chi connectivity index (χ2n) is 4.33. The van der Waals surface area contributed by atoms with Gasteiger partial charge in [0.2, 0.25) is 0 Å². The molecule has 0 aliphatic rings. The Hall–Kier alpha value is -2.20. The highest BCUT2D eigenvalue weighted by Crippen LogP contribution is 2.28. The van der Waals surface area contributed by atoms with E-state index in [1.165, 1.54) is 0 Å². The number of hydrogen-bond donors (Lipinski definition) is 1. The largest absolute Gasteiger partial charge is 0.493 e. The van der Waals surface area contributed by atoms with Crippen LogP contribution in [-0.4, -0.2) is 7.11 Å². The Kier molecular flexibility index (Phi) is 3.25. The number of ether oxygens (including phenoxy) is 1. The fourth-order valence-corrected chi connectivity index (χ4v) is 2.06. The molecule has 2 aromatic heterocycles. The maximum absolute atomic E-state index is 5.80. The number of furan rings is 2. The second-order valence-corrected chi connectivity index (χ2v) is 4.33. The molecular formula is C15H15NO3. The standard InChI is InChI=1S/C15H15NO3/c1-17-14-4-2-3-12-7-13(19-15(12)14)9-16-8-11-5-6-18-10-11/h2-7,10,16H,8-9H2,1H3. The number of fused-ring (bicyclic) bond motifs is 1. The predicted molar refractivity (Wildman–Crippen MR) is 72.0 cm³/mol. The molecule has 0 amide bonds. The van der Waals surface area contributed by atoms with Crippen molar-refractivity contribution in [1.29, 1.82) is 0 Å². The lowest BCUT2D eigenvalue weighted by Gasteiger charge is -2.00. The van der Waals surface area contributed by atoms with Gasteiger partial charge in [0, 0.05) is 17.5 Å². The fourth-order valence-electron chi connectivity index (χ4n) is 2.06. The van der Waals surface area contributed by atoms with Gasteiger partial charge < -0.3 is 18.9 Å². The summed E-state index contributed by atoms with van der Waals surface area (Å²) in [4.78, 5) is 0. The number of methoxy groups -OCH3 is 1. The summed E-state index contributed by atoms with van der Waals surface area (Å²) in [5.41, 5.74) is 1.92. The van der Waals surface area contributed by atoms with Crippen LogP contribution < -0.4 is 10.1 Å². The van der Waals surface area contributed by atoms with E-state index in [0.29, 0.717) is 6.54 Å². The third-order valence-electron chi connectivity index (χ3n) is 2.99. The average molecular weight is 257 g/mol. The molecule has 0 unspecified atom stereocenters. The van der Waals surface area contributed by atoms with Crippen LogP contribution in [0.5, 0.6) is 5.75 Å². The molecule has 0 saturated heterocycles. The molecule has 19 heavy (non-hydrogen) atoms. The van der Waals surface area contributed by atoms with E-state index < -0.39 is 0 Å². The van der Waals surface area contributed by atoms with Crippen molar-refractivity contribution in [2.75, 3.05) is 7.11 Å². The highest BCUT2D eigenvalue weighted by atomic mass is 16.5. The molecule has 0 fully saturated rings. The predicted octanol–water partition coefficient (Wildman–Crippen LogP) is 3.32. The number of hydrogen-bond acceptors (Lipinski definition) is 4. The van der Waals surface area contributed by atoms with E-state index in [-0.39, 0.29) is 0 Å². The first-order valence-electron chi connectivity index (χ1n) is 6.14. The Morgan fingerprint density at radius 2 is 2.16 bits per heavy atom. The highest BCUT2D eigenvalue weighted by molar-refractivity contribution is 5.83. The second kappa shape index (κ2) is 5.20. The van der Waals surface area contributed by atoms with Crippen molar-refractivity contribution in [1.82, 2.24) is 5.32 Å². The van der Waals surface area contributed by atoms with Gasteiger partial charge in [-0.05, 0) is 18.2 Å². The van der Waals surface area contributed by atoms with Crippen LogP contribution in [0, 0.1) is 0 Å². The minimum atomic E-state index is 0.670. The van der Waals surface area contributed by atoms with E-state index in [2.05, 4.69) is 5.32 Å². The number of rotatable bonds is 5. The number of nitrogens with one attached hydrogen (secondary N) is 1. The summed E-state index contributed by atoms with van der Waals surface area (Å²) < 4.78 is 16.1. The molecule has 0 radical (unpaired) electrons. The Bertz CT molecular complexity index is 655. The van der Waals surface area contributed by atoms with Crippen molar-refractivity contribution in [3.63, 3.8) is 0 Å². The van der Waals surface area contributed by atoms with Crippen molar-refractivity contribution in [2.45, 2.75) is 13.1 Å². The molecule has 2 heterocycles. The van der Waals surface area contributed by atoms with Gasteiger partial charge in [-0.1, -0.05) is 12.1 Å². The molecule has 1 aromatic carbocycles. The quantitative estimate of drug-likeness (QED) is 0.761. The Morgan fingerprint density at radius 1 is 1.21 bits per heavy atom. The molecule has 98 valence electrons. The van der Waals surface area contributed by atoms with Gasteiger partial charge in [0.15, 0.2) is 11.3 Å². The van der Waals surface area contributed by atoms with Crippen LogP contribution in [-0.2, 0) is 13.1 Å². The summed E-state index contributed by atoms with van der Waals surface area (Å²) in [7, 11) is 1.65. The van der Waals surface area contributed by atoms with Gasteiger partial charge in [0.1, 0.15) is 5.76 Å². The molecule has 3 aromatic rings. The van der Waals surface area contributed by atoms with Gasteiger partial charge in [-0.25, -0.2) is 0 Å². The van der Waals surface area contributed by atoms with Crippen LogP contribution in [0.1, 0.15) is 11.3 Å². The lowest BCUT2D eigenvalue weighted by atomic mass is 10.2. The van der Waals surface area contributed by atoms with Crippen molar-refractivity contribution < 1.29 is 13.6 Å². The summed E-state index contributed by atoms with van der Waals surface area (Å²) in [6, 6.07) is 9.84. The van der Waals surface area contributed by atoms with Crippen LogP contribution in [0.15, 0.2) is 51.7 Å². The summed E-state index contributed by atoms with van der Waals surface area (Å²) in [5, 5.41) is 4.36. The van der Waals surface area contributed by atoms with Gasteiger partial charge in [-0.15, -0.1) is 0 Å². The van der Waals surface area contributed by atoms with Crippen molar-refractivity contribution in [2.24, 2.45) is 0 Å². The van der Waals surface area contributed by atoms with Gasteiger partial charge in [-0.3, -0.25) is 0 Å². The molecule has 1 N–H and O–H groups in total. The molecule has 0 atom stereocenters. The molecule has 0 bridgehead atoms. The van der Waals surface area contributed by atoms with E-state index in [1.54, 1.807) is 19.6 Å². The highest BCUT2D eigenvalue weighted by Gasteiger charge is 2.08. The lowest BCUT2D eigenvalue weighted by molar-refractivity contribution is 0.406. The number of benzene rings is 1. The fraction of sp³-hybridized carbons (Fsp3) is 0.200. The minimum Gasteiger partial charge on any atom is -0.493 e. The topological polar surface area (TPSA) is 47.5 Å². The smallest absolute Gasteiger partial charge is 0.176 e.